The highest BCUT2D eigenvalue weighted by molar-refractivity contribution is 9.10. The lowest BCUT2D eigenvalue weighted by atomic mass is 10.1. The van der Waals surface area contributed by atoms with E-state index in [9.17, 15) is 0 Å². The molecule has 0 bridgehead atoms. The zero-order valence-electron chi connectivity index (χ0n) is 8.74. The fourth-order valence-electron chi connectivity index (χ4n) is 1.83. The molecule has 0 aliphatic carbocycles. The molecule has 1 aromatic rings. The number of hydrogen-bond acceptors (Lipinski definition) is 3. The third kappa shape index (κ3) is 2.69. The molecule has 2 rings (SSSR count). The summed E-state index contributed by atoms with van der Waals surface area (Å²) in [6.07, 6.45) is 6.25. The first-order valence-corrected chi connectivity index (χ1v) is 6.04. The maximum atomic E-state index is 5.63. The first-order valence-electron chi connectivity index (χ1n) is 5.25. The highest BCUT2D eigenvalue weighted by Gasteiger charge is 2.22. The molecule has 1 aliphatic heterocycles. The van der Waals surface area contributed by atoms with Crippen LogP contribution in [-0.2, 0) is 4.74 Å². The normalized spacial score (nSPS) is 22.7. The average molecular weight is 271 g/mol. The van der Waals surface area contributed by atoms with Crippen LogP contribution in [-0.4, -0.2) is 23.7 Å². The van der Waals surface area contributed by atoms with Crippen molar-refractivity contribution in [2.24, 2.45) is 0 Å². The van der Waals surface area contributed by atoms with Crippen LogP contribution in [0.25, 0.3) is 0 Å². The summed E-state index contributed by atoms with van der Waals surface area (Å²) in [6, 6.07) is 2.31. The first kappa shape index (κ1) is 10.9. The molecule has 1 N–H and O–H groups in total. The van der Waals surface area contributed by atoms with Crippen molar-refractivity contribution in [1.82, 2.24) is 4.98 Å². The molecule has 1 saturated heterocycles. The van der Waals surface area contributed by atoms with E-state index in [1.54, 1.807) is 12.4 Å². The van der Waals surface area contributed by atoms with Gasteiger partial charge in [0.2, 0.25) is 0 Å². The summed E-state index contributed by atoms with van der Waals surface area (Å²) in [7, 11) is 0. The predicted octanol–water partition coefficient (Wildman–Crippen LogP) is 2.82. The van der Waals surface area contributed by atoms with E-state index in [2.05, 4.69) is 33.2 Å². The lowest BCUT2D eigenvalue weighted by Gasteiger charge is -2.21. The summed E-state index contributed by atoms with van der Waals surface area (Å²) in [5, 5.41) is 3.44. The Kier molecular flexibility index (Phi) is 3.59. The summed E-state index contributed by atoms with van der Waals surface area (Å²) >= 11 is 3.47. The Balaban J connectivity index is 1.99. The first-order chi connectivity index (χ1) is 7.27. The van der Waals surface area contributed by atoms with Crippen LogP contribution in [0.5, 0.6) is 0 Å². The Hall–Kier alpha value is -0.610. The molecule has 0 aromatic carbocycles. The summed E-state index contributed by atoms with van der Waals surface area (Å²) in [4.78, 5) is 4.03. The maximum Gasteiger partial charge on any atom is 0.0774 e. The molecule has 2 unspecified atom stereocenters. The summed E-state index contributed by atoms with van der Waals surface area (Å²) < 4.78 is 6.63. The lowest BCUT2D eigenvalue weighted by Crippen LogP contribution is -2.30. The molecule has 0 radical (unpaired) electrons. The van der Waals surface area contributed by atoms with Crippen LogP contribution in [0.1, 0.15) is 19.8 Å². The van der Waals surface area contributed by atoms with Crippen molar-refractivity contribution in [2.75, 3.05) is 11.9 Å². The van der Waals surface area contributed by atoms with Gasteiger partial charge in [-0.2, -0.15) is 0 Å². The van der Waals surface area contributed by atoms with Crippen molar-refractivity contribution in [3.05, 3.63) is 22.9 Å². The van der Waals surface area contributed by atoms with Gasteiger partial charge in [0.05, 0.1) is 16.3 Å². The fourth-order valence-corrected chi connectivity index (χ4v) is 2.19. The van der Waals surface area contributed by atoms with Crippen molar-refractivity contribution in [1.29, 1.82) is 0 Å². The topological polar surface area (TPSA) is 34.2 Å². The number of anilines is 1. The summed E-state index contributed by atoms with van der Waals surface area (Å²) in [5.74, 6) is 0. The largest absolute Gasteiger partial charge is 0.379 e. The number of pyridine rings is 1. The smallest absolute Gasteiger partial charge is 0.0774 e. The van der Waals surface area contributed by atoms with Crippen molar-refractivity contribution < 1.29 is 4.74 Å². The Morgan fingerprint density at radius 1 is 1.67 bits per heavy atom. The van der Waals surface area contributed by atoms with Gasteiger partial charge in [0.15, 0.2) is 0 Å². The zero-order valence-corrected chi connectivity index (χ0v) is 10.3. The quantitative estimate of drug-likeness (QED) is 0.917. The van der Waals surface area contributed by atoms with E-state index in [4.69, 9.17) is 4.74 Å². The highest BCUT2D eigenvalue weighted by Crippen LogP contribution is 2.24. The fraction of sp³-hybridized carbons (Fsp3) is 0.545. The molecular weight excluding hydrogens is 256 g/mol. The van der Waals surface area contributed by atoms with Crippen molar-refractivity contribution in [3.63, 3.8) is 0 Å². The molecular formula is C11H15BrN2O. The van der Waals surface area contributed by atoms with E-state index in [0.717, 1.165) is 23.2 Å². The molecule has 2 heterocycles. The van der Waals surface area contributed by atoms with E-state index >= 15 is 0 Å². The van der Waals surface area contributed by atoms with E-state index in [1.807, 2.05) is 6.07 Å². The van der Waals surface area contributed by atoms with Gasteiger partial charge in [-0.15, -0.1) is 0 Å². The number of aromatic nitrogens is 1. The number of ether oxygens (including phenoxy) is 1. The van der Waals surface area contributed by atoms with Crippen LogP contribution in [0.3, 0.4) is 0 Å². The summed E-state index contributed by atoms with van der Waals surface area (Å²) in [5.41, 5.74) is 1.08. The number of nitrogens with zero attached hydrogens (tertiary/aromatic N) is 1. The predicted molar refractivity (Wildman–Crippen MR) is 64.0 cm³/mol. The number of rotatable bonds is 3. The van der Waals surface area contributed by atoms with Gasteiger partial charge in [0, 0.05) is 25.0 Å². The van der Waals surface area contributed by atoms with E-state index in [0.29, 0.717) is 12.1 Å². The van der Waals surface area contributed by atoms with Gasteiger partial charge in [-0.05, 0) is 41.8 Å². The minimum Gasteiger partial charge on any atom is -0.379 e. The molecule has 4 heteroatoms. The number of hydrogen-bond donors (Lipinski definition) is 1. The SMILES string of the molecule is CC(Nc1ccncc1Br)C1CCCO1. The Morgan fingerprint density at radius 3 is 3.20 bits per heavy atom. The van der Waals surface area contributed by atoms with E-state index in [-0.39, 0.29) is 0 Å². The molecule has 3 nitrogen and oxygen atoms in total. The van der Waals surface area contributed by atoms with Gasteiger partial charge in [-0.1, -0.05) is 0 Å². The molecule has 1 fully saturated rings. The second-order valence-corrected chi connectivity index (χ2v) is 4.69. The van der Waals surface area contributed by atoms with Crippen LogP contribution in [0.15, 0.2) is 22.9 Å². The van der Waals surface area contributed by atoms with Crippen molar-refractivity contribution >= 4 is 21.6 Å². The van der Waals surface area contributed by atoms with Crippen LogP contribution in [0.4, 0.5) is 5.69 Å². The Morgan fingerprint density at radius 2 is 2.53 bits per heavy atom. The lowest BCUT2D eigenvalue weighted by molar-refractivity contribution is 0.0996. The van der Waals surface area contributed by atoms with Gasteiger partial charge in [-0.3, -0.25) is 4.98 Å². The Bertz CT molecular complexity index is 326. The van der Waals surface area contributed by atoms with Gasteiger partial charge < -0.3 is 10.1 Å². The monoisotopic (exact) mass is 270 g/mol. The molecule has 0 spiro atoms. The van der Waals surface area contributed by atoms with E-state index in [1.165, 1.54) is 6.42 Å². The third-order valence-electron chi connectivity index (χ3n) is 2.68. The zero-order chi connectivity index (χ0) is 10.7. The minimum atomic E-state index is 0.338. The molecule has 0 amide bonds. The van der Waals surface area contributed by atoms with Crippen LogP contribution in [0, 0.1) is 0 Å². The highest BCUT2D eigenvalue weighted by atomic mass is 79.9. The molecule has 1 aromatic heterocycles. The van der Waals surface area contributed by atoms with Gasteiger partial charge in [0.1, 0.15) is 0 Å². The van der Waals surface area contributed by atoms with Gasteiger partial charge >= 0.3 is 0 Å². The van der Waals surface area contributed by atoms with Crippen LogP contribution < -0.4 is 5.32 Å². The Labute approximate surface area is 98.4 Å². The van der Waals surface area contributed by atoms with E-state index < -0.39 is 0 Å². The van der Waals surface area contributed by atoms with Gasteiger partial charge in [0.25, 0.3) is 0 Å². The van der Waals surface area contributed by atoms with Gasteiger partial charge in [-0.25, -0.2) is 0 Å². The molecule has 0 saturated carbocycles. The standard InChI is InChI=1S/C11H15BrN2O/c1-8(11-3-2-6-15-11)14-10-4-5-13-7-9(10)12/h4-5,7-8,11H,2-3,6H2,1H3,(H,13,14). The van der Waals surface area contributed by atoms with Crippen molar-refractivity contribution in [3.8, 4) is 0 Å². The maximum absolute atomic E-state index is 5.63. The van der Waals surface area contributed by atoms with Crippen molar-refractivity contribution in [2.45, 2.75) is 31.9 Å². The average Bonchev–Trinajstić information content (AvgIpc) is 2.74. The second kappa shape index (κ2) is 4.94. The number of nitrogens with one attached hydrogen (secondary N) is 1. The molecule has 1 aliphatic rings. The molecule has 82 valence electrons. The third-order valence-corrected chi connectivity index (χ3v) is 3.31. The molecule has 15 heavy (non-hydrogen) atoms. The van der Waals surface area contributed by atoms with Crippen LogP contribution in [0.2, 0.25) is 0 Å². The minimum absolute atomic E-state index is 0.338. The second-order valence-electron chi connectivity index (χ2n) is 3.84. The molecule has 2 atom stereocenters. The van der Waals surface area contributed by atoms with Crippen LogP contribution >= 0.6 is 15.9 Å². The number of halogens is 1. The summed E-state index contributed by atoms with van der Waals surface area (Å²) in [6.45, 7) is 3.05.